The minimum Gasteiger partial charge on any atom is -0.493 e. The van der Waals surface area contributed by atoms with Crippen molar-refractivity contribution < 1.29 is 23.9 Å². The van der Waals surface area contributed by atoms with E-state index in [1.54, 1.807) is 14.2 Å². The molecule has 146 valence electrons. The maximum atomic E-state index is 12.1. The number of carbonyl (C=O) groups excluding carboxylic acids is 1. The van der Waals surface area contributed by atoms with Crippen LogP contribution >= 0.6 is 0 Å². The molecule has 0 aliphatic carbocycles. The Bertz CT molecular complexity index is 904. The second-order valence-corrected chi connectivity index (χ2v) is 6.84. The highest BCUT2D eigenvalue weighted by atomic mass is 16.5. The summed E-state index contributed by atoms with van der Waals surface area (Å²) < 4.78 is 15.9. The Morgan fingerprint density at radius 2 is 1.89 bits per heavy atom. The van der Waals surface area contributed by atoms with Crippen LogP contribution in [0.15, 0.2) is 36.4 Å². The fourth-order valence-electron chi connectivity index (χ4n) is 3.91. The van der Waals surface area contributed by atoms with Crippen molar-refractivity contribution in [1.29, 1.82) is 5.26 Å². The number of nitrogens with one attached hydrogen (secondary N) is 1. The number of ether oxygens (including phenoxy) is 3. The second kappa shape index (κ2) is 8.77. The zero-order valence-corrected chi connectivity index (χ0v) is 16.5. The first-order valence-corrected chi connectivity index (χ1v) is 9.25. The van der Waals surface area contributed by atoms with Gasteiger partial charge in [-0.25, -0.2) is 0 Å². The molecule has 0 saturated carbocycles. The molecule has 2 atom stereocenters. The molecule has 2 aromatic carbocycles. The predicted octanol–water partition coefficient (Wildman–Crippen LogP) is 1.82. The Labute approximate surface area is 165 Å². The molecule has 2 aromatic rings. The van der Waals surface area contributed by atoms with Crippen LogP contribution in [0.3, 0.4) is 0 Å². The first-order chi connectivity index (χ1) is 13.6. The number of carbonyl (C=O) groups is 1. The lowest BCUT2D eigenvalue weighted by Gasteiger charge is -2.34. The molecule has 0 saturated heterocycles. The smallest absolute Gasteiger partial charge is 0.311 e. The van der Waals surface area contributed by atoms with E-state index in [2.05, 4.69) is 6.07 Å². The Hall–Kier alpha value is -3.04. The minimum absolute atomic E-state index is 0.0808. The largest absolute Gasteiger partial charge is 0.493 e. The van der Waals surface area contributed by atoms with Gasteiger partial charge in [0, 0.05) is 17.5 Å². The molecule has 0 fully saturated rings. The van der Waals surface area contributed by atoms with Gasteiger partial charge in [-0.1, -0.05) is 18.2 Å². The number of fused-ring (bicyclic) bond motifs is 1. The summed E-state index contributed by atoms with van der Waals surface area (Å²) in [6.45, 7) is 1.52. The van der Waals surface area contributed by atoms with Gasteiger partial charge in [0.2, 0.25) is 0 Å². The number of hydrogen-bond donors (Lipinski definition) is 1. The third-order valence-corrected chi connectivity index (χ3v) is 5.38. The van der Waals surface area contributed by atoms with E-state index in [1.807, 2.05) is 36.4 Å². The van der Waals surface area contributed by atoms with Crippen molar-refractivity contribution in [2.75, 3.05) is 27.9 Å². The van der Waals surface area contributed by atoms with Crippen LogP contribution in [0.1, 0.15) is 34.7 Å². The quantitative estimate of drug-likeness (QED) is 0.773. The standard InChI is InChI=1S/C22H24N2O4/c1-26-20-10-15-8-9-24(14-17-7-5-4-6-16(17)13-23)19(12-22(25)28-3)18(15)11-21(20)27-2/h4-7,10-11,19H,8-9,12,14H2,1-3H3/p+1/t19-/m1/s1. The highest BCUT2D eigenvalue weighted by Gasteiger charge is 2.34. The van der Waals surface area contributed by atoms with Crippen molar-refractivity contribution in [2.45, 2.75) is 25.4 Å². The lowest BCUT2D eigenvalue weighted by molar-refractivity contribution is -0.946. The summed E-state index contributed by atoms with van der Waals surface area (Å²) in [6, 6.07) is 13.8. The van der Waals surface area contributed by atoms with Gasteiger partial charge in [0.05, 0.1) is 39.5 Å². The molecule has 0 aromatic heterocycles. The van der Waals surface area contributed by atoms with Crippen LogP contribution < -0.4 is 14.4 Å². The van der Waals surface area contributed by atoms with Gasteiger partial charge in [0.1, 0.15) is 19.0 Å². The van der Waals surface area contributed by atoms with Crippen LogP contribution in [0.2, 0.25) is 0 Å². The summed E-state index contributed by atoms with van der Waals surface area (Å²) in [5.74, 6) is 1.09. The molecule has 0 amide bonds. The van der Waals surface area contributed by atoms with Crippen molar-refractivity contribution in [3.8, 4) is 17.6 Å². The summed E-state index contributed by atoms with van der Waals surface area (Å²) in [5, 5.41) is 9.42. The molecule has 0 radical (unpaired) electrons. The van der Waals surface area contributed by atoms with E-state index in [9.17, 15) is 10.1 Å². The fraction of sp³-hybridized carbons (Fsp3) is 0.364. The summed E-state index contributed by atoms with van der Waals surface area (Å²) in [4.78, 5) is 13.4. The van der Waals surface area contributed by atoms with E-state index in [0.717, 1.165) is 29.7 Å². The van der Waals surface area contributed by atoms with E-state index in [0.29, 0.717) is 23.6 Å². The number of quaternary nitrogens is 1. The summed E-state index contributed by atoms with van der Waals surface area (Å²) >= 11 is 0. The lowest BCUT2D eigenvalue weighted by atomic mass is 9.89. The minimum atomic E-state index is -0.251. The average molecular weight is 381 g/mol. The van der Waals surface area contributed by atoms with E-state index in [1.165, 1.54) is 12.0 Å². The van der Waals surface area contributed by atoms with Crippen molar-refractivity contribution in [1.82, 2.24) is 0 Å². The number of hydrogen-bond acceptors (Lipinski definition) is 5. The molecule has 1 aliphatic heterocycles. The van der Waals surface area contributed by atoms with Gasteiger partial charge >= 0.3 is 5.97 Å². The van der Waals surface area contributed by atoms with Crippen LogP contribution in [0.5, 0.6) is 11.5 Å². The molecule has 1 N–H and O–H groups in total. The first-order valence-electron chi connectivity index (χ1n) is 9.25. The van der Waals surface area contributed by atoms with E-state index in [4.69, 9.17) is 14.2 Å². The van der Waals surface area contributed by atoms with Gasteiger partial charge in [-0.2, -0.15) is 5.26 Å². The van der Waals surface area contributed by atoms with Crippen LogP contribution in [0.4, 0.5) is 0 Å². The number of esters is 1. The first kappa shape index (κ1) is 19.7. The van der Waals surface area contributed by atoms with Crippen LogP contribution in [-0.2, 0) is 22.5 Å². The van der Waals surface area contributed by atoms with Gasteiger partial charge < -0.3 is 19.1 Å². The highest BCUT2D eigenvalue weighted by molar-refractivity contribution is 5.70. The van der Waals surface area contributed by atoms with E-state index < -0.39 is 0 Å². The summed E-state index contributed by atoms with van der Waals surface area (Å²) in [6.07, 6.45) is 1.13. The van der Waals surface area contributed by atoms with Crippen molar-refractivity contribution in [3.63, 3.8) is 0 Å². The molecule has 1 heterocycles. The third kappa shape index (κ3) is 3.95. The zero-order valence-electron chi connectivity index (χ0n) is 16.5. The van der Waals surface area contributed by atoms with Crippen molar-refractivity contribution in [3.05, 3.63) is 58.7 Å². The number of rotatable bonds is 6. The van der Waals surface area contributed by atoms with E-state index in [-0.39, 0.29) is 18.4 Å². The number of nitrogens with zero attached hydrogens (tertiary/aromatic N) is 1. The zero-order chi connectivity index (χ0) is 20.1. The Balaban J connectivity index is 2.00. The molecule has 6 heteroatoms. The predicted molar refractivity (Wildman–Crippen MR) is 103 cm³/mol. The third-order valence-electron chi connectivity index (χ3n) is 5.38. The molecule has 3 rings (SSSR count). The number of benzene rings is 2. The highest BCUT2D eigenvalue weighted by Crippen LogP contribution is 2.35. The topological polar surface area (TPSA) is 73.0 Å². The molecule has 1 unspecified atom stereocenters. The molecule has 28 heavy (non-hydrogen) atoms. The SMILES string of the molecule is COC(=O)C[C@@H]1c2cc(OC)c(OC)cc2CC[NH+]1Cc1ccccc1C#N. The number of nitriles is 1. The van der Waals surface area contributed by atoms with Crippen molar-refractivity contribution in [2.24, 2.45) is 0 Å². The maximum Gasteiger partial charge on any atom is 0.311 e. The van der Waals surface area contributed by atoms with Gasteiger partial charge in [-0.15, -0.1) is 0 Å². The molecule has 0 bridgehead atoms. The second-order valence-electron chi connectivity index (χ2n) is 6.84. The normalized spacial score (nSPS) is 17.9. The summed E-state index contributed by atoms with van der Waals surface area (Å²) in [7, 11) is 4.64. The maximum absolute atomic E-state index is 12.1. The Kier molecular flexibility index (Phi) is 6.17. The van der Waals surface area contributed by atoms with Gasteiger partial charge in [-0.3, -0.25) is 4.79 Å². The molecule has 0 spiro atoms. The summed E-state index contributed by atoms with van der Waals surface area (Å²) in [5.41, 5.74) is 3.88. The van der Waals surface area contributed by atoms with Gasteiger partial charge in [-0.05, 0) is 23.8 Å². The van der Waals surface area contributed by atoms with Gasteiger partial charge in [0.25, 0.3) is 0 Å². The Morgan fingerprint density at radius 1 is 1.18 bits per heavy atom. The molecular formula is C22H25N2O4+. The monoisotopic (exact) mass is 381 g/mol. The molecular weight excluding hydrogens is 356 g/mol. The fourth-order valence-corrected chi connectivity index (χ4v) is 3.91. The molecule has 1 aliphatic rings. The lowest BCUT2D eigenvalue weighted by Crippen LogP contribution is -3.12. The van der Waals surface area contributed by atoms with Crippen LogP contribution in [-0.4, -0.2) is 33.8 Å². The van der Waals surface area contributed by atoms with Crippen LogP contribution in [0.25, 0.3) is 0 Å². The molecule has 6 nitrogen and oxygen atoms in total. The van der Waals surface area contributed by atoms with Crippen molar-refractivity contribution >= 4 is 5.97 Å². The number of methoxy groups -OCH3 is 3. The Morgan fingerprint density at radius 3 is 2.57 bits per heavy atom. The average Bonchev–Trinajstić information content (AvgIpc) is 2.74. The van der Waals surface area contributed by atoms with Gasteiger partial charge in [0.15, 0.2) is 11.5 Å². The van der Waals surface area contributed by atoms with E-state index >= 15 is 0 Å². The van der Waals surface area contributed by atoms with Crippen LogP contribution in [0, 0.1) is 11.3 Å².